The van der Waals surface area contributed by atoms with Crippen LogP contribution in [0.1, 0.15) is 37.1 Å². The van der Waals surface area contributed by atoms with Crippen LogP contribution in [0.4, 0.5) is 14.6 Å². The zero-order chi connectivity index (χ0) is 34.1. The van der Waals surface area contributed by atoms with Gasteiger partial charge in [-0.1, -0.05) is 12.0 Å². The molecule has 0 unspecified atom stereocenters. The van der Waals surface area contributed by atoms with Crippen LogP contribution < -0.4 is 4.90 Å². The Morgan fingerprint density at radius 3 is 2.49 bits per heavy atom. The van der Waals surface area contributed by atoms with Crippen molar-refractivity contribution in [3.63, 3.8) is 0 Å². The van der Waals surface area contributed by atoms with E-state index in [-0.39, 0.29) is 40.0 Å². The van der Waals surface area contributed by atoms with Gasteiger partial charge in [0, 0.05) is 87.5 Å². The van der Waals surface area contributed by atoms with E-state index in [1.54, 1.807) is 24.9 Å². The van der Waals surface area contributed by atoms with Gasteiger partial charge in [-0.05, 0) is 74.8 Å². The highest BCUT2D eigenvalue weighted by Crippen LogP contribution is 2.47. The molecule has 1 saturated carbocycles. The number of phenolic OH excluding ortho intramolecular Hbond substituents is 1. The second-order valence-electron chi connectivity index (χ2n) is 14.3. The van der Waals surface area contributed by atoms with Crippen molar-refractivity contribution in [2.75, 3.05) is 52.3 Å². The van der Waals surface area contributed by atoms with E-state index in [0.29, 0.717) is 57.8 Å². The van der Waals surface area contributed by atoms with E-state index in [4.69, 9.17) is 26.2 Å². The lowest BCUT2D eigenvalue weighted by Crippen LogP contribution is -2.59. The maximum atomic E-state index is 17.5. The molecule has 2 aliphatic heterocycles. The average Bonchev–Trinajstić information content (AvgIpc) is 3.56. The van der Waals surface area contributed by atoms with Crippen LogP contribution in [0.25, 0.3) is 43.7 Å². The minimum atomic E-state index is -0.597. The number of aromatic hydroxyl groups is 1. The van der Waals surface area contributed by atoms with Crippen molar-refractivity contribution in [2.24, 2.45) is 13.0 Å². The highest BCUT2D eigenvalue weighted by Gasteiger charge is 2.46. The van der Waals surface area contributed by atoms with Crippen LogP contribution in [0.5, 0.6) is 5.75 Å². The number of fused-ring (bicyclic) bond motifs is 6. The number of hydrogen-bond donors (Lipinski definition) is 1. The molecule has 8 rings (SSSR count). The fraction of sp³-hybridized carbons (Fsp3) is 0.447. The molecule has 2 saturated heterocycles. The van der Waals surface area contributed by atoms with Gasteiger partial charge in [0.1, 0.15) is 34.2 Å². The van der Waals surface area contributed by atoms with E-state index in [0.717, 1.165) is 51.2 Å². The fourth-order valence-corrected chi connectivity index (χ4v) is 8.56. The predicted molar refractivity (Wildman–Crippen MR) is 188 cm³/mol. The quantitative estimate of drug-likeness (QED) is 0.218. The Labute approximate surface area is 284 Å². The van der Waals surface area contributed by atoms with Gasteiger partial charge in [0.15, 0.2) is 5.82 Å². The number of phenols is 1. The number of likely N-dealkylation sites (tertiary alicyclic amines) is 1. The summed E-state index contributed by atoms with van der Waals surface area (Å²) in [5, 5.41) is 17.7. The first-order valence-electron chi connectivity index (χ1n) is 17.1. The Balaban J connectivity index is 1.34. The van der Waals surface area contributed by atoms with Gasteiger partial charge in [-0.3, -0.25) is 9.58 Å². The van der Waals surface area contributed by atoms with Crippen molar-refractivity contribution >= 4 is 38.4 Å². The fourth-order valence-electron chi connectivity index (χ4n) is 8.56. The lowest BCUT2D eigenvalue weighted by atomic mass is 9.79. The van der Waals surface area contributed by atoms with Crippen molar-refractivity contribution in [3.8, 4) is 29.2 Å². The third kappa shape index (κ3) is 5.28. The summed E-state index contributed by atoms with van der Waals surface area (Å²) in [6.45, 7) is 3.39. The molecule has 4 heterocycles. The van der Waals surface area contributed by atoms with E-state index in [1.165, 1.54) is 18.2 Å². The molecule has 3 aliphatic rings. The van der Waals surface area contributed by atoms with Crippen LogP contribution in [0.2, 0.25) is 0 Å². The maximum absolute atomic E-state index is 17.5. The summed E-state index contributed by atoms with van der Waals surface area (Å²) >= 11 is 0. The lowest BCUT2D eigenvalue weighted by Gasteiger charge is -2.49. The van der Waals surface area contributed by atoms with E-state index >= 15 is 8.78 Å². The van der Waals surface area contributed by atoms with E-state index < -0.39 is 11.6 Å². The maximum Gasteiger partial charge on any atom is 0.159 e. The number of aromatic nitrogens is 4. The van der Waals surface area contributed by atoms with Crippen molar-refractivity contribution in [2.45, 2.75) is 50.2 Å². The molecule has 1 N–H and O–H groups in total. The summed E-state index contributed by atoms with van der Waals surface area (Å²) in [5.74, 6) is 3.11. The normalized spacial score (nSPS) is 22.4. The van der Waals surface area contributed by atoms with Gasteiger partial charge in [-0.2, -0.15) is 5.10 Å². The Morgan fingerprint density at radius 2 is 1.80 bits per heavy atom. The molecule has 0 radical (unpaired) electrons. The molecule has 2 atom stereocenters. The third-order valence-electron chi connectivity index (χ3n) is 10.8. The van der Waals surface area contributed by atoms with Crippen LogP contribution in [-0.2, 0) is 18.2 Å². The summed E-state index contributed by atoms with van der Waals surface area (Å²) < 4.78 is 39.7. The number of hydrogen-bond acceptors (Lipinski definition) is 8. The first-order chi connectivity index (χ1) is 23.6. The third-order valence-corrected chi connectivity index (χ3v) is 10.8. The van der Waals surface area contributed by atoms with Gasteiger partial charge in [0.25, 0.3) is 0 Å². The first kappa shape index (κ1) is 31.9. The lowest BCUT2D eigenvalue weighted by molar-refractivity contribution is 0.0199. The monoisotopic (exact) mass is 665 g/mol. The molecule has 0 amide bonds. The number of nitrogens with zero attached hydrogens (tertiary/aromatic N) is 7. The van der Waals surface area contributed by atoms with Crippen molar-refractivity contribution in [3.05, 3.63) is 53.5 Å². The van der Waals surface area contributed by atoms with E-state index in [9.17, 15) is 5.11 Å². The van der Waals surface area contributed by atoms with Gasteiger partial charge in [0.2, 0.25) is 0 Å². The summed E-state index contributed by atoms with van der Waals surface area (Å²) in [4.78, 5) is 17.3. The topological polar surface area (TPSA) is 82.8 Å². The number of halogens is 2. The van der Waals surface area contributed by atoms with Crippen LogP contribution in [0.3, 0.4) is 0 Å². The molecule has 11 heteroatoms. The minimum Gasteiger partial charge on any atom is -0.508 e. The Hall–Kier alpha value is -4.37. The summed E-state index contributed by atoms with van der Waals surface area (Å²) in [6, 6.07) is 6.80. The smallest absolute Gasteiger partial charge is 0.159 e. The molecule has 5 aromatic rings. The molecule has 9 nitrogen and oxygen atoms in total. The Kier molecular flexibility index (Phi) is 7.93. The highest BCUT2D eigenvalue weighted by atomic mass is 19.1. The van der Waals surface area contributed by atoms with Gasteiger partial charge in [-0.15, -0.1) is 6.42 Å². The molecule has 1 aliphatic carbocycles. The van der Waals surface area contributed by atoms with Crippen molar-refractivity contribution < 1.29 is 18.6 Å². The zero-order valence-corrected chi connectivity index (χ0v) is 28.4. The minimum absolute atomic E-state index is 0.000534. The molecule has 254 valence electrons. The highest BCUT2D eigenvalue weighted by molar-refractivity contribution is 6.18. The summed E-state index contributed by atoms with van der Waals surface area (Å²) in [6.07, 6.45) is 12.6. The second kappa shape index (κ2) is 12.2. The molecule has 49 heavy (non-hydrogen) atoms. The number of benzene rings is 3. The number of methoxy groups -OCH3 is 1. The van der Waals surface area contributed by atoms with Crippen molar-refractivity contribution in [1.82, 2.24) is 29.5 Å². The molecular weight excluding hydrogens is 624 g/mol. The molecule has 0 spiro atoms. The molecular formula is C38H41F2N7O2. The Morgan fingerprint density at radius 1 is 1.04 bits per heavy atom. The van der Waals surface area contributed by atoms with Gasteiger partial charge >= 0.3 is 0 Å². The van der Waals surface area contributed by atoms with Crippen LogP contribution in [0.15, 0.2) is 30.5 Å². The predicted octanol–water partition coefficient (Wildman–Crippen LogP) is 5.48. The van der Waals surface area contributed by atoms with E-state index in [1.807, 2.05) is 20.3 Å². The SMILES string of the molecule is C#Cc1c(F)ccc2cc(O)cc(-c3c(F)c4nc(CCN(C)C)nc(N5[C@@H]6CC[C@H]5CN(C5CC(COC)C5)C6)c4c4cn(C)nc34)c12. The van der Waals surface area contributed by atoms with Crippen molar-refractivity contribution in [1.29, 1.82) is 0 Å². The Bertz CT molecular complexity index is 2140. The van der Waals surface area contributed by atoms with Gasteiger partial charge in [0.05, 0.1) is 10.9 Å². The number of ether oxygens (including phenoxy) is 1. The largest absolute Gasteiger partial charge is 0.508 e. The number of rotatable bonds is 8. The molecule has 2 aromatic heterocycles. The first-order valence-corrected chi connectivity index (χ1v) is 17.1. The number of likely N-dealkylation sites (N-methyl/N-ethyl adjacent to an activating group) is 1. The molecule has 3 fully saturated rings. The van der Waals surface area contributed by atoms with Gasteiger partial charge in [-0.25, -0.2) is 18.7 Å². The number of aryl methyl sites for hydroxylation is 1. The molecule has 3 aromatic carbocycles. The van der Waals surface area contributed by atoms with Crippen LogP contribution in [0, 0.1) is 29.9 Å². The average molecular weight is 666 g/mol. The summed E-state index contributed by atoms with van der Waals surface area (Å²) in [5.41, 5.74) is 0.953. The van der Waals surface area contributed by atoms with Crippen LogP contribution in [-0.4, -0.2) is 100 Å². The number of terminal acetylenes is 1. The summed E-state index contributed by atoms with van der Waals surface area (Å²) in [7, 11) is 7.55. The second-order valence-corrected chi connectivity index (χ2v) is 14.3. The number of anilines is 1. The molecule has 2 bridgehead atoms. The number of piperazine rings is 1. The van der Waals surface area contributed by atoms with E-state index in [2.05, 4.69) is 20.6 Å². The van der Waals surface area contributed by atoms with Crippen LogP contribution >= 0.6 is 0 Å². The zero-order valence-electron chi connectivity index (χ0n) is 28.4. The van der Waals surface area contributed by atoms with Gasteiger partial charge < -0.3 is 19.6 Å². The standard InChI is InChI=1S/C38H41F2N7O2/c1-6-27-30(39)10-7-22-15-26(48)16-28(32(22)27)33-35(40)37-34(29-19-45(4)43-36(29)33)38(42-31(41-37)11-12-44(2)3)47-23-8-9-24(47)18-46(17-23)25-13-21(14-25)20-49-5/h1,7,10,15-16,19,21,23-25,48H,8-9,11-14,17-18,20H2,2-5H3/t21?,23-,24+,25?.